The molecule has 2 aliphatic rings. The summed E-state index contributed by atoms with van der Waals surface area (Å²) >= 11 is 0. The fourth-order valence-corrected chi connectivity index (χ4v) is 5.24. The van der Waals surface area contributed by atoms with Crippen molar-refractivity contribution in [2.45, 2.75) is 58.4 Å². The number of nitrogens with zero attached hydrogens (tertiary/aromatic N) is 1. The molecular weight excluding hydrogens is 410 g/mol. The van der Waals surface area contributed by atoms with Crippen molar-refractivity contribution in [3.63, 3.8) is 0 Å². The third-order valence-corrected chi connectivity index (χ3v) is 6.78. The van der Waals surface area contributed by atoms with Gasteiger partial charge in [-0.25, -0.2) is 0 Å². The summed E-state index contributed by atoms with van der Waals surface area (Å²) in [6.07, 6.45) is 3.49. The van der Waals surface area contributed by atoms with Gasteiger partial charge in [0.05, 0.1) is 20.8 Å². The van der Waals surface area contributed by atoms with Crippen molar-refractivity contribution in [3.05, 3.63) is 23.3 Å². The van der Waals surface area contributed by atoms with E-state index in [0.717, 1.165) is 43.9 Å². The number of esters is 1. The lowest BCUT2D eigenvalue weighted by atomic mass is 9.74. The van der Waals surface area contributed by atoms with Crippen LogP contribution in [0.3, 0.4) is 0 Å². The number of methoxy groups -OCH3 is 2. The van der Waals surface area contributed by atoms with E-state index in [9.17, 15) is 9.59 Å². The highest BCUT2D eigenvalue weighted by molar-refractivity contribution is 5.71. The maximum Gasteiger partial charge on any atom is 0.305 e. The van der Waals surface area contributed by atoms with Crippen LogP contribution in [0.4, 0.5) is 0 Å². The van der Waals surface area contributed by atoms with Crippen molar-refractivity contribution in [3.8, 4) is 11.5 Å². The molecule has 0 amide bonds. The summed E-state index contributed by atoms with van der Waals surface area (Å²) in [7, 11) is 3.33. The van der Waals surface area contributed by atoms with Crippen LogP contribution in [0.1, 0.15) is 63.1 Å². The van der Waals surface area contributed by atoms with Crippen molar-refractivity contribution >= 4 is 11.9 Å². The number of ether oxygens (including phenoxy) is 3. The molecule has 0 aromatic heterocycles. The number of carboxylic acids is 1. The Morgan fingerprint density at radius 1 is 1.12 bits per heavy atom. The number of piperidine rings is 1. The smallest absolute Gasteiger partial charge is 0.305 e. The lowest BCUT2D eigenvalue weighted by molar-refractivity contribution is -0.147. The summed E-state index contributed by atoms with van der Waals surface area (Å²) in [4.78, 5) is 25.4. The Labute approximate surface area is 191 Å². The van der Waals surface area contributed by atoms with Crippen LogP contribution in [0.15, 0.2) is 12.1 Å². The van der Waals surface area contributed by atoms with Gasteiger partial charge in [0, 0.05) is 32.0 Å². The van der Waals surface area contributed by atoms with E-state index in [1.54, 1.807) is 14.2 Å². The van der Waals surface area contributed by atoms with Gasteiger partial charge < -0.3 is 19.3 Å². The molecule has 0 aliphatic carbocycles. The Hall–Kier alpha value is -2.28. The first kappa shape index (κ1) is 24.4. The molecule has 1 N–H and O–H groups in total. The quantitative estimate of drug-likeness (QED) is 0.541. The minimum Gasteiger partial charge on any atom is -0.493 e. The number of carbonyl (C=O) groups is 2. The van der Waals surface area contributed by atoms with Gasteiger partial charge in [-0.2, -0.15) is 0 Å². The molecule has 178 valence electrons. The van der Waals surface area contributed by atoms with Crippen molar-refractivity contribution < 1.29 is 28.9 Å². The van der Waals surface area contributed by atoms with Crippen molar-refractivity contribution in [1.82, 2.24) is 4.90 Å². The van der Waals surface area contributed by atoms with Gasteiger partial charge in [-0.1, -0.05) is 13.8 Å². The second-order valence-electron chi connectivity index (χ2n) is 9.48. The van der Waals surface area contributed by atoms with E-state index in [1.807, 2.05) is 0 Å². The molecule has 1 aromatic carbocycles. The highest BCUT2D eigenvalue weighted by atomic mass is 16.5. The molecule has 3 unspecified atom stereocenters. The maximum atomic E-state index is 12.2. The predicted molar refractivity (Wildman–Crippen MR) is 121 cm³/mol. The normalized spacial score (nSPS) is 22.7. The van der Waals surface area contributed by atoms with Gasteiger partial charge in [0.1, 0.15) is 0 Å². The number of rotatable bonds is 10. The average Bonchev–Trinajstić information content (AvgIpc) is 2.75. The van der Waals surface area contributed by atoms with Crippen LogP contribution < -0.4 is 9.47 Å². The van der Waals surface area contributed by atoms with E-state index in [4.69, 9.17) is 19.3 Å². The molecule has 3 rings (SSSR count). The SMILES string of the molecule is COc1cc2c(cc1OC)C1CC(COC(=O)CCCC(=O)O)C(CC(C)C)CN1CC2. The Bertz CT molecular complexity index is 808. The van der Waals surface area contributed by atoms with Gasteiger partial charge in [0.25, 0.3) is 0 Å². The first-order valence-corrected chi connectivity index (χ1v) is 11.7. The van der Waals surface area contributed by atoms with Crippen LogP contribution in [-0.2, 0) is 20.7 Å². The third-order valence-electron chi connectivity index (χ3n) is 6.78. The minimum absolute atomic E-state index is 0.00633. The highest BCUT2D eigenvalue weighted by Crippen LogP contribution is 2.45. The van der Waals surface area contributed by atoms with Crippen LogP contribution in [0, 0.1) is 17.8 Å². The number of fused-ring (bicyclic) bond motifs is 3. The molecule has 7 nitrogen and oxygen atoms in total. The van der Waals surface area contributed by atoms with E-state index in [-0.39, 0.29) is 30.8 Å². The molecule has 2 aliphatic heterocycles. The third kappa shape index (κ3) is 5.94. The molecule has 1 aromatic rings. The summed E-state index contributed by atoms with van der Waals surface area (Å²) in [6.45, 7) is 6.89. The highest BCUT2D eigenvalue weighted by Gasteiger charge is 2.40. The van der Waals surface area contributed by atoms with Gasteiger partial charge in [-0.05, 0) is 66.7 Å². The molecule has 1 saturated heterocycles. The molecular formula is C25H37NO6. The van der Waals surface area contributed by atoms with Crippen LogP contribution in [0.2, 0.25) is 0 Å². The zero-order valence-electron chi connectivity index (χ0n) is 19.8. The number of carbonyl (C=O) groups excluding carboxylic acids is 1. The summed E-state index contributed by atoms with van der Waals surface area (Å²) in [5, 5.41) is 8.77. The fraction of sp³-hybridized carbons (Fsp3) is 0.680. The second kappa shape index (κ2) is 11.0. The zero-order valence-corrected chi connectivity index (χ0v) is 19.8. The van der Waals surface area contributed by atoms with Gasteiger partial charge in [-0.15, -0.1) is 0 Å². The summed E-state index contributed by atoms with van der Waals surface area (Å²) in [5.74, 6) is 1.66. The maximum absolute atomic E-state index is 12.2. The van der Waals surface area contributed by atoms with E-state index >= 15 is 0 Å². The van der Waals surface area contributed by atoms with Crippen LogP contribution >= 0.6 is 0 Å². The molecule has 0 spiro atoms. The van der Waals surface area contributed by atoms with Gasteiger partial charge in [0.15, 0.2) is 11.5 Å². The number of benzene rings is 1. The van der Waals surface area contributed by atoms with Crippen molar-refractivity contribution in [2.75, 3.05) is 33.9 Å². The molecule has 1 fully saturated rings. The zero-order chi connectivity index (χ0) is 23.3. The molecule has 0 radical (unpaired) electrons. The van der Waals surface area contributed by atoms with Crippen LogP contribution in [0.5, 0.6) is 11.5 Å². The van der Waals surface area contributed by atoms with Crippen molar-refractivity contribution in [1.29, 1.82) is 0 Å². The Morgan fingerprint density at radius 3 is 2.50 bits per heavy atom. The van der Waals surface area contributed by atoms with E-state index in [2.05, 4.69) is 30.9 Å². The first-order chi connectivity index (χ1) is 15.3. The largest absolute Gasteiger partial charge is 0.493 e. The van der Waals surface area contributed by atoms with E-state index in [0.29, 0.717) is 24.9 Å². The van der Waals surface area contributed by atoms with Gasteiger partial charge in [0.2, 0.25) is 0 Å². The monoisotopic (exact) mass is 447 g/mol. The number of hydrogen-bond donors (Lipinski definition) is 1. The number of hydrogen-bond acceptors (Lipinski definition) is 6. The number of aliphatic carboxylic acids is 1. The Kier molecular flexibility index (Phi) is 8.40. The molecule has 7 heteroatoms. The molecule has 32 heavy (non-hydrogen) atoms. The summed E-state index contributed by atoms with van der Waals surface area (Å²) in [6, 6.07) is 4.49. The van der Waals surface area contributed by atoms with E-state index < -0.39 is 5.97 Å². The molecule has 2 heterocycles. The van der Waals surface area contributed by atoms with Gasteiger partial charge >= 0.3 is 11.9 Å². The lowest BCUT2D eigenvalue weighted by Gasteiger charge is -2.47. The number of carboxylic acid groups (broad SMARTS) is 1. The van der Waals surface area contributed by atoms with Gasteiger partial charge in [-0.3, -0.25) is 14.5 Å². The predicted octanol–water partition coefficient (Wildman–Crippen LogP) is 4.08. The van der Waals surface area contributed by atoms with Crippen LogP contribution in [-0.4, -0.2) is 55.9 Å². The molecule has 0 bridgehead atoms. The van der Waals surface area contributed by atoms with Crippen LogP contribution in [0.25, 0.3) is 0 Å². The summed E-state index contributed by atoms with van der Waals surface area (Å²) in [5.41, 5.74) is 2.59. The topological polar surface area (TPSA) is 85.3 Å². The summed E-state index contributed by atoms with van der Waals surface area (Å²) < 4.78 is 16.7. The minimum atomic E-state index is -0.884. The second-order valence-corrected chi connectivity index (χ2v) is 9.48. The fourth-order valence-electron chi connectivity index (χ4n) is 5.24. The van der Waals surface area contributed by atoms with E-state index in [1.165, 1.54) is 11.1 Å². The first-order valence-electron chi connectivity index (χ1n) is 11.7. The standard InChI is InChI=1S/C25H37NO6/c1-16(2)10-18-14-26-9-8-17-12-22(30-3)23(31-4)13-20(17)21(26)11-19(18)15-32-25(29)7-5-6-24(27)28/h12-13,16,18-19,21H,5-11,14-15H2,1-4H3,(H,27,28). The average molecular weight is 448 g/mol. The Balaban J connectivity index is 1.73. The molecule has 3 atom stereocenters. The lowest BCUT2D eigenvalue weighted by Crippen LogP contribution is -2.47. The van der Waals surface area contributed by atoms with Crippen molar-refractivity contribution in [2.24, 2.45) is 17.8 Å². The molecule has 0 saturated carbocycles. The Morgan fingerprint density at radius 2 is 1.84 bits per heavy atom.